The largest absolute Gasteiger partial charge is 0.326 e. The van der Waals surface area contributed by atoms with Crippen LogP contribution < -0.4 is 10.2 Å². The summed E-state index contributed by atoms with van der Waals surface area (Å²) in [5.74, 6) is 0. The van der Waals surface area contributed by atoms with E-state index in [0.29, 0.717) is 27.8 Å². The van der Waals surface area contributed by atoms with Crippen molar-refractivity contribution < 1.29 is 4.79 Å². The molecule has 0 radical (unpaired) electrons. The minimum Gasteiger partial charge on any atom is -0.307 e. The zero-order chi connectivity index (χ0) is 20.8. The van der Waals surface area contributed by atoms with Crippen molar-refractivity contribution in [2.75, 3.05) is 16.8 Å². The second-order valence-corrected chi connectivity index (χ2v) is 7.35. The van der Waals surface area contributed by atoms with Crippen LogP contribution >= 0.6 is 23.2 Å². The molecule has 0 spiro atoms. The number of nitrogens with zero attached hydrogens (tertiary/aromatic N) is 2. The number of carbonyl (C=O) groups excluding carboxylic acids is 1. The highest BCUT2D eigenvalue weighted by Crippen LogP contribution is 2.26. The maximum Gasteiger partial charge on any atom is 0.326 e. The molecule has 0 saturated carbocycles. The van der Waals surface area contributed by atoms with Crippen molar-refractivity contribution >= 4 is 40.6 Å². The third-order valence-electron chi connectivity index (χ3n) is 4.31. The molecule has 4 nitrogen and oxygen atoms in total. The van der Waals surface area contributed by atoms with Crippen molar-refractivity contribution in [3.63, 3.8) is 0 Å². The Morgan fingerprint density at radius 2 is 1.69 bits per heavy atom. The van der Waals surface area contributed by atoms with E-state index in [-0.39, 0.29) is 6.03 Å². The number of anilines is 2. The molecule has 29 heavy (non-hydrogen) atoms. The molecule has 0 aliphatic heterocycles. The number of carbonyl (C=O) groups is 1. The summed E-state index contributed by atoms with van der Waals surface area (Å²) in [5, 5.41) is 12.8. The third-order valence-corrected chi connectivity index (χ3v) is 4.75. The van der Waals surface area contributed by atoms with E-state index >= 15 is 0 Å². The molecule has 0 aromatic heterocycles. The van der Waals surface area contributed by atoms with Crippen molar-refractivity contribution in [2.45, 2.75) is 13.3 Å². The van der Waals surface area contributed by atoms with Gasteiger partial charge in [-0.05, 0) is 60.0 Å². The molecule has 1 N–H and O–H groups in total. The number of rotatable bonds is 5. The fourth-order valence-corrected chi connectivity index (χ4v) is 3.52. The smallest absolute Gasteiger partial charge is 0.307 e. The summed E-state index contributed by atoms with van der Waals surface area (Å²) in [6.07, 6.45) is 0.801. The molecule has 0 atom stereocenters. The Morgan fingerprint density at radius 3 is 2.31 bits per heavy atom. The van der Waals surface area contributed by atoms with Gasteiger partial charge in [-0.25, -0.2) is 4.79 Å². The highest BCUT2D eigenvalue weighted by molar-refractivity contribution is 6.35. The Kier molecular flexibility index (Phi) is 6.77. The summed E-state index contributed by atoms with van der Waals surface area (Å²) in [5.41, 5.74) is 3.86. The Bertz CT molecular complexity index is 1040. The van der Waals surface area contributed by atoms with Gasteiger partial charge in [-0.2, -0.15) is 5.26 Å². The predicted molar refractivity (Wildman–Crippen MR) is 120 cm³/mol. The molecule has 3 rings (SSSR count). The number of amides is 2. The summed E-state index contributed by atoms with van der Waals surface area (Å²) in [4.78, 5) is 14.5. The molecule has 0 fully saturated rings. The second kappa shape index (κ2) is 9.47. The number of benzene rings is 3. The molecule has 3 aromatic carbocycles. The fraction of sp³-hybridized carbons (Fsp3) is 0.130. The van der Waals surface area contributed by atoms with Gasteiger partial charge in [0.25, 0.3) is 0 Å². The minimum atomic E-state index is -0.260. The van der Waals surface area contributed by atoms with Crippen LogP contribution in [0.2, 0.25) is 10.0 Å². The highest BCUT2D eigenvalue weighted by atomic mass is 35.5. The van der Waals surface area contributed by atoms with Crippen LogP contribution in [0.1, 0.15) is 18.9 Å². The summed E-state index contributed by atoms with van der Waals surface area (Å²) in [6.45, 7) is 2.57. The second-order valence-electron chi connectivity index (χ2n) is 6.48. The number of nitriles is 1. The molecule has 0 bridgehead atoms. The summed E-state index contributed by atoms with van der Waals surface area (Å²) >= 11 is 12.0. The van der Waals surface area contributed by atoms with Crippen LogP contribution in [-0.2, 0) is 0 Å². The van der Waals surface area contributed by atoms with Gasteiger partial charge in [0.2, 0.25) is 0 Å². The lowest BCUT2D eigenvalue weighted by molar-refractivity contribution is 0.257. The van der Waals surface area contributed by atoms with Gasteiger partial charge in [0.15, 0.2) is 0 Å². The van der Waals surface area contributed by atoms with E-state index in [1.807, 2.05) is 49.4 Å². The van der Waals surface area contributed by atoms with Crippen LogP contribution in [0.3, 0.4) is 0 Å². The number of urea groups is 1. The minimum absolute atomic E-state index is 0.260. The van der Waals surface area contributed by atoms with Crippen molar-refractivity contribution in [1.29, 1.82) is 5.26 Å². The van der Waals surface area contributed by atoms with Crippen molar-refractivity contribution in [2.24, 2.45) is 0 Å². The Hall–Kier alpha value is -3.00. The van der Waals surface area contributed by atoms with Crippen LogP contribution in [0.4, 0.5) is 16.2 Å². The normalized spacial score (nSPS) is 10.3. The summed E-state index contributed by atoms with van der Waals surface area (Å²) < 4.78 is 0. The molecule has 2 amide bonds. The van der Waals surface area contributed by atoms with Gasteiger partial charge in [0, 0.05) is 28.0 Å². The van der Waals surface area contributed by atoms with Gasteiger partial charge >= 0.3 is 6.03 Å². The van der Waals surface area contributed by atoms with Crippen molar-refractivity contribution in [1.82, 2.24) is 0 Å². The first-order chi connectivity index (χ1) is 14.0. The van der Waals surface area contributed by atoms with Gasteiger partial charge in [-0.1, -0.05) is 54.4 Å². The van der Waals surface area contributed by atoms with E-state index < -0.39 is 0 Å². The van der Waals surface area contributed by atoms with Crippen molar-refractivity contribution in [3.05, 3.63) is 82.3 Å². The van der Waals surface area contributed by atoms with E-state index in [9.17, 15) is 4.79 Å². The van der Waals surface area contributed by atoms with E-state index in [2.05, 4.69) is 11.4 Å². The average Bonchev–Trinajstić information content (AvgIpc) is 2.71. The third kappa shape index (κ3) is 5.29. The maximum atomic E-state index is 12.9. The van der Waals surface area contributed by atoms with E-state index in [4.69, 9.17) is 28.5 Å². The Morgan fingerprint density at radius 1 is 1.00 bits per heavy atom. The van der Waals surface area contributed by atoms with Crippen LogP contribution in [0, 0.1) is 11.3 Å². The number of nitrogens with one attached hydrogen (secondary N) is 1. The predicted octanol–water partition coefficient (Wildman–Crippen LogP) is 6.98. The number of halogens is 2. The fourth-order valence-electron chi connectivity index (χ4n) is 2.99. The van der Waals surface area contributed by atoms with Crippen LogP contribution in [0.5, 0.6) is 0 Å². The summed E-state index contributed by atoms with van der Waals surface area (Å²) in [7, 11) is 0. The first-order valence-electron chi connectivity index (χ1n) is 9.15. The molecular formula is C23H19Cl2N3O. The SMILES string of the molecule is CCCN(C(=O)Nc1cc(Cl)cc(Cl)c1)c1ccc(-c2cccc(C#N)c2)cc1. The molecule has 0 aliphatic carbocycles. The molecule has 0 aliphatic rings. The molecule has 3 aromatic rings. The number of hydrogen-bond donors (Lipinski definition) is 1. The topological polar surface area (TPSA) is 56.1 Å². The summed E-state index contributed by atoms with van der Waals surface area (Å²) in [6, 6.07) is 21.9. The lowest BCUT2D eigenvalue weighted by Gasteiger charge is -2.23. The standard InChI is InChI=1S/C23H19Cl2N3O/c1-2-10-28(23(29)27-21-13-19(24)12-20(25)14-21)22-8-6-17(7-9-22)18-5-3-4-16(11-18)15-26/h3-9,11-14H,2,10H2,1H3,(H,27,29). The zero-order valence-electron chi connectivity index (χ0n) is 15.8. The average molecular weight is 424 g/mol. The van der Waals surface area contributed by atoms with E-state index in [1.165, 1.54) is 0 Å². The van der Waals surface area contributed by atoms with E-state index in [0.717, 1.165) is 23.2 Å². The Balaban J connectivity index is 1.82. The molecular weight excluding hydrogens is 405 g/mol. The molecule has 0 saturated heterocycles. The van der Waals surface area contributed by atoms with Crippen LogP contribution in [0.25, 0.3) is 11.1 Å². The quantitative estimate of drug-likeness (QED) is 0.480. The van der Waals surface area contributed by atoms with Gasteiger partial charge in [0.05, 0.1) is 11.6 Å². The van der Waals surface area contributed by atoms with Crippen LogP contribution in [0.15, 0.2) is 66.7 Å². The first kappa shape index (κ1) is 20.7. The molecule has 146 valence electrons. The monoisotopic (exact) mass is 423 g/mol. The van der Waals surface area contributed by atoms with Crippen molar-refractivity contribution in [3.8, 4) is 17.2 Å². The lowest BCUT2D eigenvalue weighted by Crippen LogP contribution is -2.35. The molecule has 0 heterocycles. The zero-order valence-corrected chi connectivity index (χ0v) is 17.3. The number of hydrogen-bond acceptors (Lipinski definition) is 2. The van der Waals surface area contributed by atoms with E-state index in [1.54, 1.807) is 29.2 Å². The molecule has 0 unspecified atom stereocenters. The first-order valence-corrected chi connectivity index (χ1v) is 9.91. The van der Waals surface area contributed by atoms with Gasteiger partial charge < -0.3 is 5.32 Å². The highest BCUT2D eigenvalue weighted by Gasteiger charge is 2.16. The van der Waals surface area contributed by atoms with Gasteiger partial charge in [0.1, 0.15) is 0 Å². The van der Waals surface area contributed by atoms with Crippen LogP contribution in [-0.4, -0.2) is 12.6 Å². The maximum absolute atomic E-state index is 12.9. The molecule has 6 heteroatoms. The Labute approximate surface area is 180 Å². The van der Waals surface area contributed by atoms with Gasteiger partial charge in [-0.15, -0.1) is 0 Å². The van der Waals surface area contributed by atoms with Gasteiger partial charge in [-0.3, -0.25) is 4.90 Å². The lowest BCUT2D eigenvalue weighted by atomic mass is 10.0.